The highest BCUT2D eigenvalue weighted by molar-refractivity contribution is 7.91. The van der Waals surface area contributed by atoms with Crippen LogP contribution in [-0.2, 0) is 23.6 Å². The molecule has 1 atom stereocenters. The summed E-state index contributed by atoms with van der Waals surface area (Å²) in [6, 6.07) is 7.71. The van der Waals surface area contributed by atoms with Crippen molar-refractivity contribution < 1.29 is 13.2 Å². The fraction of sp³-hybridized carbons (Fsp3) is 0.579. The maximum absolute atomic E-state index is 12.0. The Labute approximate surface area is 171 Å². The highest BCUT2D eigenvalue weighted by Crippen LogP contribution is 2.23. The number of benzene rings is 1. The number of hydrogen-bond donors (Lipinski definition) is 0. The number of ether oxygens (including phenoxy) is 1. The summed E-state index contributed by atoms with van der Waals surface area (Å²) in [5.41, 5.74) is 0.951. The predicted octanol–water partition coefficient (Wildman–Crippen LogP) is 2.73. The van der Waals surface area contributed by atoms with Gasteiger partial charge in [-0.3, -0.25) is 4.90 Å². The van der Waals surface area contributed by atoms with Crippen molar-refractivity contribution >= 4 is 22.1 Å². The van der Waals surface area contributed by atoms with Crippen molar-refractivity contribution in [3.63, 3.8) is 0 Å². The molecule has 1 aromatic carbocycles. The van der Waals surface area contributed by atoms with E-state index in [0.29, 0.717) is 23.8 Å². The standard InChI is InChI=1S/C19H28N4O3S2/c1-14(2)11-22(16-9-10-28(24,25)12-16)13-23-19(27)21(3)18(20-23)15-5-7-17(26-4)8-6-15/h5-8,14,16H,9-13H2,1-4H3. The van der Waals surface area contributed by atoms with Gasteiger partial charge in [-0.05, 0) is 48.8 Å². The van der Waals surface area contributed by atoms with E-state index in [1.54, 1.807) is 11.8 Å². The van der Waals surface area contributed by atoms with E-state index in [1.807, 2.05) is 35.9 Å². The molecule has 7 nitrogen and oxygen atoms in total. The Bertz CT molecular complexity index is 978. The second-order valence-electron chi connectivity index (χ2n) is 7.76. The minimum absolute atomic E-state index is 0.0146. The van der Waals surface area contributed by atoms with Crippen molar-refractivity contribution in [2.75, 3.05) is 25.2 Å². The maximum atomic E-state index is 12.0. The monoisotopic (exact) mass is 424 g/mol. The first-order valence-electron chi connectivity index (χ1n) is 9.43. The molecule has 2 heterocycles. The Hall–Kier alpha value is -1.71. The van der Waals surface area contributed by atoms with Crippen LogP contribution in [0.2, 0.25) is 0 Å². The van der Waals surface area contributed by atoms with Crippen LogP contribution in [0.25, 0.3) is 11.4 Å². The molecule has 28 heavy (non-hydrogen) atoms. The molecule has 0 amide bonds. The van der Waals surface area contributed by atoms with E-state index < -0.39 is 9.84 Å². The van der Waals surface area contributed by atoms with E-state index in [9.17, 15) is 8.42 Å². The van der Waals surface area contributed by atoms with E-state index in [-0.39, 0.29) is 17.5 Å². The van der Waals surface area contributed by atoms with Gasteiger partial charge >= 0.3 is 0 Å². The van der Waals surface area contributed by atoms with Crippen molar-refractivity contribution in [1.29, 1.82) is 0 Å². The maximum Gasteiger partial charge on any atom is 0.199 e. The van der Waals surface area contributed by atoms with Crippen LogP contribution in [0.15, 0.2) is 24.3 Å². The number of rotatable bonds is 7. The molecule has 0 radical (unpaired) electrons. The Morgan fingerprint density at radius 3 is 2.54 bits per heavy atom. The lowest BCUT2D eigenvalue weighted by Gasteiger charge is -2.29. The van der Waals surface area contributed by atoms with Gasteiger partial charge in [-0.1, -0.05) is 13.8 Å². The van der Waals surface area contributed by atoms with E-state index >= 15 is 0 Å². The average Bonchev–Trinajstić information content (AvgIpc) is 3.15. The topological polar surface area (TPSA) is 69.4 Å². The van der Waals surface area contributed by atoms with E-state index in [0.717, 1.165) is 23.7 Å². The molecule has 1 saturated heterocycles. The highest BCUT2D eigenvalue weighted by atomic mass is 32.2. The summed E-state index contributed by atoms with van der Waals surface area (Å²) in [7, 11) is 0.592. The molecule has 0 bridgehead atoms. The van der Waals surface area contributed by atoms with Crippen LogP contribution in [0, 0.1) is 10.7 Å². The molecule has 0 saturated carbocycles. The number of nitrogens with zero attached hydrogens (tertiary/aromatic N) is 4. The molecule has 0 N–H and O–H groups in total. The summed E-state index contributed by atoms with van der Waals surface area (Å²) in [5, 5.41) is 4.73. The first-order valence-corrected chi connectivity index (χ1v) is 11.7. The van der Waals surface area contributed by atoms with Crippen LogP contribution in [0.3, 0.4) is 0 Å². The lowest BCUT2D eigenvalue weighted by molar-refractivity contribution is 0.137. The minimum atomic E-state index is -2.95. The predicted molar refractivity (Wildman–Crippen MR) is 113 cm³/mol. The second-order valence-corrected chi connectivity index (χ2v) is 10.4. The SMILES string of the molecule is COc1ccc(-c2nn(CN(CC(C)C)C3CCS(=O)(=O)C3)c(=S)n2C)cc1. The Morgan fingerprint density at radius 2 is 2.00 bits per heavy atom. The molecule has 1 aliphatic rings. The summed E-state index contributed by atoms with van der Waals surface area (Å²) in [6.45, 7) is 5.56. The lowest BCUT2D eigenvalue weighted by Crippen LogP contribution is -2.40. The lowest BCUT2D eigenvalue weighted by atomic mass is 10.1. The van der Waals surface area contributed by atoms with E-state index in [2.05, 4.69) is 18.7 Å². The molecule has 1 unspecified atom stereocenters. The first-order chi connectivity index (χ1) is 13.2. The van der Waals surface area contributed by atoms with Gasteiger partial charge in [0.15, 0.2) is 20.4 Å². The Morgan fingerprint density at radius 1 is 1.32 bits per heavy atom. The fourth-order valence-corrected chi connectivity index (χ4v) is 5.54. The first kappa shape index (κ1) is 21.0. The summed E-state index contributed by atoms with van der Waals surface area (Å²) >= 11 is 5.61. The number of methoxy groups -OCH3 is 1. The normalized spacial score (nSPS) is 18.9. The van der Waals surface area contributed by atoms with Crippen LogP contribution in [0.1, 0.15) is 20.3 Å². The fourth-order valence-electron chi connectivity index (χ4n) is 3.60. The average molecular weight is 425 g/mol. The van der Waals surface area contributed by atoms with Crippen LogP contribution in [0.5, 0.6) is 5.75 Å². The van der Waals surface area contributed by atoms with Gasteiger partial charge in [0.1, 0.15) is 5.75 Å². The van der Waals surface area contributed by atoms with Gasteiger partial charge in [0, 0.05) is 25.2 Å². The summed E-state index contributed by atoms with van der Waals surface area (Å²) in [6.07, 6.45) is 0.667. The zero-order chi connectivity index (χ0) is 20.5. The molecule has 9 heteroatoms. The molecule has 0 aliphatic carbocycles. The molecule has 3 rings (SSSR count). The van der Waals surface area contributed by atoms with Crippen LogP contribution in [0.4, 0.5) is 0 Å². The summed E-state index contributed by atoms with van der Waals surface area (Å²) in [5.74, 6) is 2.45. The Balaban J connectivity index is 1.88. The largest absolute Gasteiger partial charge is 0.497 e. The third-order valence-electron chi connectivity index (χ3n) is 5.03. The van der Waals surface area contributed by atoms with Crippen LogP contribution < -0.4 is 4.74 Å². The van der Waals surface area contributed by atoms with Gasteiger partial charge in [-0.2, -0.15) is 5.10 Å². The molecular weight excluding hydrogens is 396 g/mol. The number of sulfone groups is 1. The molecule has 154 valence electrons. The van der Waals surface area contributed by atoms with E-state index in [4.69, 9.17) is 22.1 Å². The summed E-state index contributed by atoms with van der Waals surface area (Å²) < 4.78 is 33.4. The third-order valence-corrected chi connectivity index (χ3v) is 7.26. The quantitative estimate of drug-likeness (QED) is 0.637. The van der Waals surface area contributed by atoms with Crippen molar-refractivity contribution in [2.24, 2.45) is 13.0 Å². The zero-order valence-electron chi connectivity index (χ0n) is 16.8. The smallest absolute Gasteiger partial charge is 0.199 e. The molecule has 1 aliphatic heterocycles. The molecule has 1 aromatic heterocycles. The molecule has 2 aromatic rings. The van der Waals surface area contributed by atoms with Crippen LogP contribution >= 0.6 is 12.2 Å². The van der Waals surface area contributed by atoms with Gasteiger partial charge in [0.2, 0.25) is 0 Å². The van der Waals surface area contributed by atoms with Crippen molar-refractivity contribution in [1.82, 2.24) is 19.2 Å². The minimum Gasteiger partial charge on any atom is -0.497 e. The zero-order valence-corrected chi connectivity index (χ0v) is 18.5. The van der Waals surface area contributed by atoms with Crippen molar-refractivity contribution in [3.8, 4) is 17.1 Å². The molecule has 0 spiro atoms. The van der Waals surface area contributed by atoms with E-state index in [1.165, 1.54) is 0 Å². The van der Waals surface area contributed by atoms with Gasteiger partial charge in [-0.15, -0.1) is 0 Å². The molecule has 1 fully saturated rings. The summed E-state index contributed by atoms with van der Waals surface area (Å²) in [4.78, 5) is 2.20. The van der Waals surface area contributed by atoms with Gasteiger partial charge in [0.25, 0.3) is 0 Å². The van der Waals surface area contributed by atoms with Crippen molar-refractivity contribution in [3.05, 3.63) is 29.0 Å². The van der Waals surface area contributed by atoms with Gasteiger partial charge in [0.05, 0.1) is 25.3 Å². The molecular formula is C19H28N4O3S2. The Kier molecular flexibility index (Phi) is 6.26. The number of hydrogen-bond acceptors (Lipinski definition) is 6. The van der Waals surface area contributed by atoms with Crippen molar-refractivity contribution in [2.45, 2.75) is 33.0 Å². The number of aromatic nitrogens is 3. The van der Waals surface area contributed by atoms with Crippen LogP contribution in [-0.4, -0.2) is 58.9 Å². The third kappa shape index (κ3) is 4.64. The van der Waals surface area contributed by atoms with Gasteiger partial charge < -0.3 is 9.30 Å². The second kappa shape index (κ2) is 8.34. The van der Waals surface area contributed by atoms with Gasteiger partial charge in [-0.25, -0.2) is 13.1 Å². The highest BCUT2D eigenvalue weighted by Gasteiger charge is 2.33.